The number of benzene rings is 1. The van der Waals surface area contributed by atoms with Crippen molar-refractivity contribution in [1.82, 2.24) is 0 Å². The lowest BCUT2D eigenvalue weighted by Crippen LogP contribution is -1.99. The van der Waals surface area contributed by atoms with Crippen molar-refractivity contribution in [3.8, 4) is 0 Å². The normalized spacial score (nSPS) is 10.2. The second-order valence-corrected chi connectivity index (χ2v) is 3.13. The molecule has 1 nitrogen and oxygen atoms in total. The molecule has 0 radical (unpaired) electrons. The fraction of sp³-hybridized carbons (Fsp3) is 0.250. The number of nitrogens with two attached hydrogens (primary N) is 1. The molecule has 0 aliphatic carbocycles. The third-order valence-electron chi connectivity index (χ3n) is 1.67. The van der Waals surface area contributed by atoms with Crippen LogP contribution in [0.5, 0.6) is 0 Å². The lowest BCUT2D eigenvalue weighted by molar-refractivity contribution is 1.05. The molecule has 0 bridgehead atoms. The summed E-state index contributed by atoms with van der Waals surface area (Å²) >= 11 is 11.6. The van der Waals surface area contributed by atoms with Gasteiger partial charge in [0.15, 0.2) is 0 Å². The maximum Gasteiger partial charge on any atom is 0.0624 e. The van der Waals surface area contributed by atoms with E-state index in [1.54, 1.807) is 6.07 Å². The van der Waals surface area contributed by atoms with E-state index in [-0.39, 0.29) is 0 Å². The van der Waals surface area contributed by atoms with E-state index in [2.05, 4.69) is 0 Å². The van der Waals surface area contributed by atoms with Crippen molar-refractivity contribution >= 4 is 23.2 Å². The second-order valence-electron chi connectivity index (χ2n) is 2.35. The molecule has 0 aliphatic heterocycles. The highest BCUT2D eigenvalue weighted by Crippen LogP contribution is 2.27. The fourth-order valence-corrected chi connectivity index (χ4v) is 1.30. The first kappa shape index (κ1) is 8.85. The lowest BCUT2D eigenvalue weighted by atomic mass is 10.1. The predicted molar refractivity (Wildman–Crippen MR) is 49.1 cm³/mol. The minimum Gasteiger partial charge on any atom is -0.326 e. The summed E-state index contributed by atoms with van der Waals surface area (Å²) in [4.78, 5) is 0. The van der Waals surface area contributed by atoms with Crippen molar-refractivity contribution in [2.24, 2.45) is 5.73 Å². The minimum atomic E-state index is 0.503. The summed E-state index contributed by atoms with van der Waals surface area (Å²) in [5, 5.41) is 1.19. The van der Waals surface area contributed by atoms with Crippen LogP contribution in [0, 0.1) is 6.92 Å². The highest BCUT2D eigenvalue weighted by atomic mass is 35.5. The van der Waals surface area contributed by atoms with E-state index >= 15 is 0 Å². The van der Waals surface area contributed by atoms with E-state index in [9.17, 15) is 0 Å². The van der Waals surface area contributed by atoms with Crippen molar-refractivity contribution in [3.63, 3.8) is 0 Å². The SMILES string of the molecule is Cc1c(CN)ccc(Cl)c1Cl. The van der Waals surface area contributed by atoms with E-state index in [0.717, 1.165) is 11.1 Å². The third-order valence-corrected chi connectivity index (χ3v) is 2.57. The van der Waals surface area contributed by atoms with E-state index in [4.69, 9.17) is 28.9 Å². The molecule has 3 heteroatoms. The number of rotatable bonds is 1. The van der Waals surface area contributed by atoms with Gasteiger partial charge in [-0.1, -0.05) is 29.3 Å². The molecule has 0 aliphatic rings. The van der Waals surface area contributed by atoms with Gasteiger partial charge in [0.1, 0.15) is 0 Å². The van der Waals surface area contributed by atoms with Gasteiger partial charge in [0.05, 0.1) is 10.0 Å². The Morgan fingerprint density at radius 2 is 2.00 bits per heavy atom. The number of halogens is 2. The largest absolute Gasteiger partial charge is 0.326 e. The monoisotopic (exact) mass is 189 g/mol. The zero-order valence-electron chi connectivity index (χ0n) is 6.20. The molecule has 1 rings (SSSR count). The van der Waals surface area contributed by atoms with E-state index in [0.29, 0.717) is 16.6 Å². The molecule has 0 unspecified atom stereocenters. The first-order chi connectivity index (χ1) is 5.16. The zero-order chi connectivity index (χ0) is 8.43. The van der Waals surface area contributed by atoms with Crippen molar-refractivity contribution in [2.75, 3.05) is 0 Å². The van der Waals surface area contributed by atoms with Crippen LogP contribution in [0.1, 0.15) is 11.1 Å². The van der Waals surface area contributed by atoms with Gasteiger partial charge in [0, 0.05) is 6.54 Å². The molecule has 2 N–H and O–H groups in total. The summed E-state index contributed by atoms with van der Waals surface area (Å²) in [6, 6.07) is 3.66. The van der Waals surface area contributed by atoms with Gasteiger partial charge in [-0.25, -0.2) is 0 Å². The average molecular weight is 190 g/mol. The first-order valence-electron chi connectivity index (χ1n) is 3.30. The molecule has 1 aromatic carbocycles. The Morgan fingerprint density at radius 3 is 2.55 bits per heavy atom. The van der Waals surface area contributed by atoms with Gasteiger partial charge in [0.2, 0.25) is 0 Å². The Hall–Kier alpha value is -0.240. The van der Waals surface area contributed by atoms with E-state index in [1.807, 2.05) is 13.0 Å². The first-order valence-corrected chi connectivity index (χ1v) is 4.06. The standard InChI is InChI=1S/C8H9Cl2N/c1-5-6(4-11)2-3-7(9)8(5)10/h2-3H,4,11H2,1H3. The fourth-order valence-electron chi connectivity index (χ4n) is 0.913. The van der Waals surface area contributed by atoms with Crippen molar-refractivity contribution in [3.05, 3.63) is 33.3 Å². The Labute approximate surface area is 76.1 Å². The van der Waals surface area contributed by atoms with Crippen LogP contribution in [0.4, 0.5) is 0 Å². The molecule has 60 valence electrons. The Balaban J connectivity index is 3.25. The summed E-state index contributed by atoms with van der Waals surface area (Å²) < 4.78 is 0. The highest BCUT2D eigenvalue weighted by molar-refractivity contribution is 6.42. The average Bonchev–Trinajstić information content (AvgIpc) is 2.01. The summed E-state index contributed by atoms with van der Waals surface area (Å²) in [5.41, 5.74) is 7.48. The van der Waals surface area contributed by atoms with Crippen LogP contribution in [0.25, 0.3) is 0 Å². The Morgan fingerprint density at radius 1 is 1.36 bits per heavy atom. The van der Waals surface area contributed by atoms with Crippen LogP contribution in [0.2, 0.25) is 10.0 Å². The minimum absolute atomic E-state index is 0.503. The van der Waals surface area contributed by atoms with Crippen LogP contribution < -0.4 is 5.73 Å². The van der Waals surface area contributed by atoms with Crippen LogP contribution in [-0.2, 0) is 6.54 Å². The van der Waals surface area contributed by atoms with Gasteiger partial charge in [-0.2, -0.15) is 0 Å². The highest BCUT2D eigenvalue weighted by Gasteiger charge is 2.03. The Bertz CT molecular complexity index is 271. The summed E-state index contributed by atoms with van der Waals surface area (Å²) in [6.07, 6.45) is 0. The van der Waals surface area contributed by atoms with Crippen LogP contribution in [-0.4, -0.2) is 0 Å². The van der Waals surface area contributed by atoms with Crippen molar-refractivity contribution < 1.29 is 0 Å². The van der Waals surface area contributed by atoms with Crippen LogP contribution >= 0.6 is 23.2 Å². The molecule has 0 aromatic heterocycles. The second kappa shape index (κ2) is 3.44. The molecule has 0 atom stereocenters. The molecule has 1 aromatic rings. The lowest BCUT2D eigenvalue weighted by Gasteiger charge is -2.05. The molecule has 0 saturated carbocycles. The molecule has 0 fully saturated rings. The quantitative estimate of drug-likeness (QED) is 0.723. The molecule has 0 saturated heterocycles. The number of hydrogen-bond acceptors (Lipinski definition) is 1. The molecule has 0 heterocycles. The predicted octanol–water partition coefficient (Wildman–Crippen LogP) is 2.76. The molecule has 0 spiro atoms. The molecule has 0 amide bonds. The van der Waals surface area contributed by atoms with Crippen molar-refractivity contribution in [2.45, 2.75) is 13.5 Å². The Kier molecular flexibility index (Phi) is 2.77. The summed E-state index contributed by atoms with van der Waals surface area (Å²) in [7, 11) is 0. The van der Waals surface area contributed by atoms with Gasteiger partial charge in [0.25, 0.3) is 0 Å². The summed E-state index contributed by atoms with van der Waals surface area (Å²) in [5.74, 6) is 0. The molecular formula is C8H9Cl2N. The van der Waals surface area contributed by atoms with Gasteiger partial charge >= 0.3 is 0 Å². The number of hydrogen-bond donors (Lipinski definition) is 1. The smallest absolute Gasteiger partial charge is 0.0624 e. The van der Waals surface area contributed by atoms with Gasteiger partial charge < -0.3 is 5.73 Å². The van der Waals surface area contributed by atoms with Gasteiger partial charge in [-0.3, -0.25) is 0 Å². The maximum atomic E-state index is 5.87. The topological polar surface area (TPSA) is 26.0 Å². The van der Waals surface area contributed by atoms with E-state index in [1.165, 1.54) is 0 Å². The van der Waals surface area contributed by atoms with Crippen LogP contribution in [0.15, 0.2) is 12.1 Å². The summed E-state index contributed by atoms with van der Waals surface area (Å²) in [6.45, 7) is 2.42. The molecular weight excluding hydrogens is 181 g/mol. The van der Waals surface area contributed by atoms with Gasteiger partial charge in [-0.05, 0) is 24.1 Å². The molecule has 11 heavy (non-hydrogen) atoms. The van der Waals surface area contributed by atoms with Crippen molar-refractivity contribution in [1.29, 1.82) is 0 Å². The zero-order valence-corrected chi connectivity index (χ0v) is 7.71. The van der Waals surface area contributed by atoms with E-state index < -0.39 is 0 Å². The van der Waals surface area contributed by atoms with Crippen LogP contribution in [0.3, 0.4) is 0 Å². The van der Waals surface area contributed by atoms with Gasteiger partial charge in [-0.15, -0.1) is 0 Å². The maximum absolute atomic E-state index is 5.87. The third kappa shape index (κ3) is 1.67.